The molecule has 1 saturated heterocycles. The fourth-order valence-electron chi connectivity index (χ4n) is 2.60. The van der Waals surface area contributed by atoms with E-state index in [2.05, 4.69) is 10.3 Å². The minimum absolute atomic E-state index is 0.0820. The van der Waals surface area contributed by atoms with Crippen molar-refractivity contribution in [3.63, 3.8) is 0 Å². The first-order chi connectivity index (χ1) is 12.5. The molecule has 0 radical (unpaired) electrons. The molecule has 1 aliphatic heterocycles. The quantitative estimate of drug-likeness (QED) is 0.519. The number of nitrogens with zero attached hydrogens (tertiary/aromatic N) is 2. The van der Waals surface area contributed by atoms with E-state index in [4.69, 9.17) is 21.9 Å². The molecule has 0 bridgehead atoms. The molecule has 0 saturated carbocycles. The van der Waals surface area contributed by atoms with E-state index in [0.29, 0.717) is 31.7 Å². The fourth-order valence-corrected chi connectivity index (χ4v) is 3.63. The summed E-state index contributed by atoms with van der Waals surface area (Å²) in [4.78, 5) is 16.5. The second-order valence-corrected chi connectivity index (χ2v) is 7.17. The third-order valence-corrected chi connectivity index (χ3v) is 4.95. The summed E-state index contributed by atoms with van der Waals surface area (Å²) < 4.78 is 6.31. The maximum absolute atomic E-state index is 11.8. The average molecular weight is 379 g/mol. The summed E-state index contributed by atoms with van der Waals surface area (Å²) in [7, 11) is 0. The van der Waals surface area contributed by atoms with E-state index in [1.54, 1.807) is 36.7 Å². The maximum Gasteiger partial charge on any atom is 0.263 e. The van der Waals surface area contributed by atoms with Crippen molar-refractivity contribution in [2.24, 2.45) is 0 Å². The van der Waals surface area contributed by atoms with Gasteiger partial charge in [0.1, 0.15) is 27.5 Å². The first kappa shape index (κ1) is 16.3. The second kappa shape index (κ2) is 6.29. The van der Waals surface area contributed by atoms with E-state index in [1.807, 2.05) is 6.07 Å². The highest BCUT2D eigenvalue weighted by molar-refractivity contribution is 8.26. The first-order valence-corrected chi connectivity index (χ1v) is 8.63. The van der Waals surface area contributed by atoms with Gasteiger partial charge in [-0.25, -0.2) is 0 Å². The number of hydrogen-bond acceptors (Lipinski definition) is 7. The second-order valence-electron chi connectivity index (χ2n) is 5.45. The number of furan rings is 1. The number of hydrogen-bond donors (Lipinski definition) is 2. The van der Waals surface area contributed by atoms with Crippen LogP contribution >= 0.6 is 24.0 Å². The van der Waals surface area contributed by atoms with Crippen LogP contribution in [0.5, 0.6) is 5.75 Å². The van der Waals surface area contributed by atoms with Crippen LogP contribution in [-0.2, 0) is 4.79 Å². The molecule has 0 aliphatic carbocycles. The summed E-state index contributed by atoms with van der Waals surface area (Å²) >= 11 is 6.15. The topological polar surface area (TPSA) is 99.2 Å². The van der Waals surface area contributed by atoms with E-state index < -0.39 is 0 Å². The van der Waals surface area contributed by atoms with Crippen LogP contribution < -0.4 is 5.32 Å². The summed E-state index contributed by atoms with van der Waals surface area (Å²) in [5, 5.41) is 22.1. The van der Waals surface area contributed by atoms with Gasteiger partial charge in [-0.3, -0.25) is 9.78 Å². The molecule has 8 heteroatoms. The third kappa shape index (κ3) is 2.83. The van der Waals surface area contributed by atoms with Crippen molar-refractivity contribution in [3.05, 3.63) is 52.9 Å². The Balaban J connectivity index is 1.82. The van der Waals surface area contributed by atoms with E-state index in [1.165, 1.54) is 17.8 Å². The summed E-state index contributed by atoms with van der Waals surface area (Å²) in [5.74, 6) is 0.161. The van der Waals surface area contributed by atoms with Gasteiger partial charge in [0, 0.05) is 29.4 Å². The van der Waals surface area contributed by atoms with E-state index in [0.717, 1.165) is 5.39 Å². The minimum atomic E-state index is -0.254. The molecule has 126 valence electrons. The van der Waals surface area contributed by atoms with Crippen LogP contribution in [0.4, 0.5) is 0 Å². The number of nitriles is 1. The molecule has 26 heavy (non-hydrogen) atoms. The zero-order chi connectivity index (χ0) is 18.3. The first-order valence-electron chi connectivity index (χ1n) is 7.41. The number of carbonyl (C=O) groups excluding carboxylic acids is 1. The summed E-state index contributed by atoms with van der Waals surface area (Å²) in [5.41, 5.74) is 2.12. The van der Waals surface area contributed by atoms with E-state index in [-0.39, 0.29) is 17.2 Å². The number of phenols is 1. The van der Waals surface area contributed by atoms with Gasteiger partial charge in [0.05, 0.1) is 10.5 Å². The maximum atomic E-state index is 11.8. The zero-order valence-electron chi connectivity index (χ0n) is 13.0. The van der Waals surface area contributed by atoms with Crippen molar-refractivity contribution < 1.29 is 14.3 Å². The Morgan fingerprint density at radius 2 is 2.19 bits per heavy atom. The van der Waals surface area contributed by atoms with Gasteiger partial charge in [-0.1, -0.05) is 30.0 Å². The molecular weight excluding hydrogens is 370 g/mol. The van der Waals surface area contributed by atoms with Gasteiger partial charge in [-0.05, 0) is 23.8 Å². The number of benzene rings is 1. The normalized spacial score (nSPS) is 15.4. The summed E-state index contributed by atoms with van der Waals surface area (Å²) in [6.07, 6.45) is 4.91. The van der Waals surface area contributed by atoms with Gasteiger partial charge in [0.15, 0.2) is 0 Å². The smallest absolute Gasteiger partial charge is 0.263 e. The average Bonchev–Trinajstić information content (AvgIpc) is 3.17. The lowest BCUT2D eigenvalue weighted by atomic mass is 10.0. The molecule has 0 spiro atoms. The lowest BCUT2D eigenvalue weighted by molar-refractivity contribution is -0.115. The molecule has 4 rings (SSSR count). The number of rotatable bonds is 2. The highest BCUT2D eigenvalue weighted by Crippen LogP contribution is 2.34. The Labute approximate surface area is 157 Å². The van der Waals surface area contributed by atoms with Gasteiger partial charge < -0.3 is 14.8 Å². The van der Waals surface area contributed by atoms with Crippen LogP contribution in [0.15, 0.2) is 46.0 Å². The number of thiocarbonyl (C=S) groups is 1. The predicted octanol–water partition coefficient (Wildman–Crippen LogP) is 3.56. The number of aromatic nitrogens is 1. The molecule has 1 amide bonds. The number of thioether (sulfide) groups is 1. The largest absolute Gasteiger partial charge is 0.507 e. The molecule has 2 aromatic heterocycles. The van der Waals surface area contributed by atoms with Gasteiger partial charge in [0.25, 0.3) is 5.91 Å². The Kier molecular flexibility index (Phi) is 3.95. The number of carbonyl (C=O) groups is 1. The molecule has 1 fully saturated rings. The van der Waals surface area contributed by atoms with Gasteiger partial charge in [0.2, 0.25) is 0 Å². The van der Waals surface area contributed by atoms with Crippen LogP contribution in [0.25, 0.3) is 28.2 Å². The number of fused-ring (bicyclic) bond motifs is 1. The third-order valence-electron chi connectivity index (χ3n) is 3.79. The molecule has 6 nitrogen and oxygen atoms in total. The zero-order valence-corrected chi connectivity index (χ0v) is 14.6. The van der Waals surface area contributed by atoms with E-state index >= 15 is 0 Å². The van der Waals surface area contributed by atoms with Crippen LogP contribution in [0.1, 0.15) is 11.3 Å². The van der Waals surface area contributed by atoms with Crippen LogP contribution in [0, 0.1) is 11.3 Å². The van der Waals surface area contributed by atoms with Crippen molar-refractivity contribution in [1.29, 1.82) is 5.26 Å². The van der Waals surface area contributed by atoms with Crippen molar-refractivity contribution in [3.8, 4) is 22.9 Å². The van der Waals surface area contributed by atoms with E-state index in [9.17, 15) is 9.90 Å². The van der Waals surface area contributed by atoms with Crippen LogP contribution in [-0.4, -0.2) is 20.3 Å². The van der Waals surface area contributed by atoms with Gasteiger partial charge in [-0.2, -0.15) is 5.26 Å². The Morgan fingerprint density at radius 3 is 2.92 bits per heavy atom. The van der Waals surface area contributed by atoms with Crippen molar-refractivity contribution in [2.75, 3.05) is 0 Å². The van der Waals surface area contributed by atoms with Gasteiger partial charge in [-0.15, -0.1) is 0 Å². The molecule has 3 aromatic rings. The van der Waals surface area contributed by atoms with Crippen LogP contribution in [0.3, 0.4) is 0 Å². The number of phenolic OH excluding ortho intramolecular Hbond substituents is 1. The van der Waals surface area contributed by atoms with Crippen molar-refractivity contribution in [2.45, 2.75) is 0 Å². The summed E-state index contributed by atoms with van der Waals surface area (Å²) in [6.45, 7) is 0. The SMILES string of the molecule is N#Cc1cc(-c2cncc3cc(C=C4SC(=S)NC4=O)oc23)ccc1O. The Bertz CT molecular complexity index is 1160. The fraction of sp³-hybridized carbons (Fsp3) is 0. The lowest BCUT2D eigenvalue weighted by Gasteiger charge is -2.03. The van der Waals surface area contributed by atoms with Crippen molar-refractivity contribution in [1.82, 2.24) is 10.3 Å². The summed E-state index contributed by atoms with van der Waals surface area (Å²) in [6, 6.07) is 8.44. The predicted molar refractivity (Wildman–Crippen MR) is 102 cm³/mol. The molecule has 0 unspecified atom stereocenters. The number of pyridine rings is 1. The highest BCUT2D eigenvalue weighted by Gasteiger charge is 2.23. The molecule has 1 aliphatic rings. The Hall–Kier alpha value is -3.15. The molecule has 3 heterocycles. The van der Waals surface area contributed by atoms with Crippen molar-refractivity contribution >= 4 is 51.3 Å². The molecular formula is C18H9N3O3S2. The monoisotopic (exact) mass is 379 g/mol. The minimum Gasteiger partial charge on any atom is -0.507 e. The highest BCUT2D eigenvalue weighted by atomic mass is 32.2. The standard InChI is InChI=1S/C18H9N3O3S2/c19-6-10-3-9(1-2-14(10)22)13-8-20-7-11-4-12(24-16(11)13)5-15-17(23)21-18(25)26-15/h1-5,7-8,22H,(H,21,23,25). The molecule has 2 N–H and O–H groups in total. The lowest BCUT2D eigenvalue weighted by Crippen LogP contribution is -2.17. The number of aromatic hydroxyl groups is 1. The van der Waals surface area contributed by atoms with Crippen LogP contribution in [0.2, 0.25) is 0 Å². The van der Waals surface area contributed by atoms with Gasteiger partial charge >= 0.3 is 0 Å². The molecule has 0 atom stereocenters. The number of nitrogens with one attached hydrogen (secondary N) is 1. The number of amides is 1. The Morgan fingerprint density at radius 1 is 1.35 bits per heavy atom. The molecule has 1 aromatic carbocycles.